The standard InChI is InChI=1S/C27H44NO2S.Y/c1-18(2)21(5)23(7)22(6)19(3)14-12-10-11-13-15-27(30-25(9)29)20(4)16-26-17-31-24(8)28-26;/h11,13,16-17,19,21-23,27H,10,12,14-15H2,1-9H3;/q-1;/b13-11-,20-16+;/t19-,21?,22-,23-,27?;/m0./s1. The van der Waals surface area contributed by atoms with Gasteiger partial charge in [0.2, 0.25) is 0 Å². The van der Waals surface area contributed by atoms with Crippen molar-refractivity contribution >= 4 is 23.4 Å². The van der Waals surface area contributed by atoms with Crippen molar-refractivity contribution in [3.63, 3.8) is 0 Å². The van der Waals surface area contributed by atoms with Crippen LogP contribution in [0.15, 0.2) is 23.1 Å². The summed E-state index contributed by atoms with van der Waals surface area (Å²) in [7, 11) is 0. The van der Waals surface area contributed by atoms with Crippen molar-refractivity contribution in [2.75, 3.05) is 0 Å². The van der Waals surface area contributed by atoms with Crippen LogP contribution in [-0.4, -0.2) is 17.1 Å². The predicted octanol–water partition coefficient (Wildman–Crippen LogP) is 8.06. The van der Waals surface area contributed by atoms with E-state index in [1.165, 1.54) is 25.7 Å². The van der Waals surface area contributed by atoms with Crippen LogP contribution in [0.5, 0.6) is 0 Å². The van der Waals surface area contributed by atoms with Crippen molar-refractivity contribution in [1.82, 2.24) is 4.98 Å². The molecule has 0 saturated carbocycles. The van der Waals surface area contributed by atoms with Crippen molar-refractivity contribution in [3.8, 4) is 0 Å². The number of aromatic nitrogens is 1. The van der Waals surface area contributed by atoms with Gasteiger partial charge < -0.3 is 10.7 Å². The molecule has 0 spiro atoms. The van der Waals surface area contributed by atoms with E-state index in [9.17, 15) is 4.79 Å². The number of esters is 1. The summed E-state index contributed by atoms with van der Waals surface area (Å²) >= 11 is 1.63. The summed E-state index contributed by atoms with van der Waals surface area (Å²) in [6, 6.07) is 0. The van der Waals surface area contributed by atoms with E-state index in [1.807, 2.05) is 25.3 Å². The Kier molecular flexibility index (Phi) is 16.2. The van der Waals surface area contributed by atoms with Crippen LogP contribution in [0.3, 0.4) is 0 Å². The van der Waals surface area contributed by atoms with Gasteiger partial charge in [-0.2, -0.15) is 19.8 Å². The molecule has 1 heterocycles. The summed E-state index contributed by atoms with van der Waals surface area (Å²) in [6.45, 7) is 19.5. The Balaban J connectivity index is 0.00000961. The van der Waals surface area contributed by atoms with E-state index in [-0.39, 0.29) is 44.8 Å². The van der Waals surface area contributed by atoms with Crippen LogP contribution >= 0.6 is 11.3 Å². The summed E-state index contributed by atoms with van der Waals surface area (Å²) in [5.74, 6) is 4.14. The fraction of sp³-hybridized carbons (Fsp3) is 0.667. The molecule has 0 bridgehead atoms. The van der Waals surface area contributed by atoms with Gasteiger partial charge >= 0.3 is 5.97 Å². The van der Waals surface area contributed by atoms with E-state index in [1.54, 1.807) is 11.3 Å². The zero-order chi connectivity index (χ0) is 23.6. The molecule has 1 aromatic heterocycles. The van der Waals surface area contributed by atoms with Gasteiger partial charge in [0.05, 0.1) is 10.7 Å². The fourth-order valence-electron chi connectivity index (χ4n) is 3.96. The van der Waals surface area contributed by atoms with Crippen molar-refractivity contribution < 1.29 is 42.2 Å². The molecular weight excluding hydrogens is 491 g/mol. The van der Waals surface area contributed by atoms with E-state index < -0.39 is 0 Å². The average molecular weight is 536 g/mol. The van der Waals surface area contributed by atoms with Gasteiger partial charge in [0, 0.05) is 51.4 Å². The Labute approximate surface area is 226 Å². The average Bonchev–Trinajstić information content (AvgIpc) is 3.11. The number of unbranched alkanes of at least 4 members (excludes halogenated alkanes) is 1. The van der Waals surface area contributed by atoms with E-state index in [4.69, 9.17) is 4.74 Å². The maximum Gasteiger partial charge on any atom is 0.303 e. The molecule has 0 aromatic carbocycles. The summed E-state index contributed by atoms with van der Waals surface area (Å²) in [5.41, 5.74) is 1.96. The zero-order valence-corrected chi connectivity index (χ0v) is 25.4. The van der Waals surface area contributed by atoms with Crippen LogP contribution in [0.4, 0.5) is 0 Å². The Hall–Kier alpha value is -0.316. The van der Waals surface area contributed by atoms with E-state index in [2.05, 4.69) is 58.7 Å². The minimum absolute atomic E-state index is 0. The van der Waals surface area contributed by atoms with Crippen LogP contribution in [0.25, 0.3) is 6.08 Å². The van der Waals surface area contributed by atoms with Gasteiger partial charge in [-0.3, -0.25) is 4.79 Å². The summed E-state index contributed by atoms with van der Waals surface area (Å²) in [6.07, 6.45) is 10.4. The van der Waals surface area contributed by atoms with Gasteiger partial charge in [0.15, 0.2) is 0 Å². The fourth-order valence-corrected chi connectivity index (χ4v) is 4.53. The predicted molar refractivity (Wildman–Crippen MR) is 135 cm³/mol. The van der Waals surface area contributed by atoms with Gasteiger partial charge in [-0.05, 0) is 50.2 Å². The second-order valence-corrected chi connectivity index (χ2v) is 10.5. The van der Waals surface area contributed by atoms with Crippen molar-refractivity contribution in [2.24, 2.45) is 23.7 Å². The van der Waals surface area contributed by atoms with E-state index in [0.29, 0.717) is 12.3 Å². The van der Waals surface area contributed by atoms with Gasteiger partial charge in [0.1, 0.15) is 6.10 Å². The topological polar surface area (TPSA) is 39.2 Å². The molecule has 2 unspecified atom stereocenters. The molecule has 0 fully saturated rings. The molecule has 179 valence electrons. The molecule has 1 aromatic rings. The normalized spacial score (nSPS) is 17.0. The van der Waals surface area contributed by atoms with Crippen LogP contribution in [0.2, 0.25) is 0 Å². The smallest absolute Gasteiger partial charge is 0.303 e. The molecule has 0 aliphatic carbocycles. The number of nitrogens with zero attached hydrogens (tertiary/aromatic N) is 1. The molecule has 5 heteroatoms. The number of carbonyl (C=O) groups excluding carboxylic acids is 1. The number of hydrogen-bond donors (Lipinski definition) is 0. The van der Waals surface area contributed by atoms with Gasteiger partial charge in [0.25, 0.3) is 0 Å². The molecule has 0 amide bonds. The third kappa shape index (κ3) is 11.7. The third-order valence-electron chi connectivity index (χ3n) is 6.80. The third-order valence-corrected chi connectivity index (χ3v) is 7.59. The Morgan fingerprint density at radius 2 is 1.81 bits per heavy atom. The van der Waals surface area contributed by atoms with Crippen LogP contribution in [0.1, 0.15) is 91.8 Å². The molecule has 1 rings (SSSR count). The number of allylic oxidation sites excluding steroid dienone is 1. The van der Waals surface area contributed by atoms with E-state index >= 15 is 0 Å². The maximum atomic E-state index is 11.5. The number of aryl methyl sites for hydroxylation is 1. The molecule has 0 saturated heterocycles. The van der Waals surface area contributed by atoms with Crippen LogP contribution in [0, 0.1) is 36.5 Å². The molecule has 0 aliphatic rings. The van der Waals surface area contributed by atoms with Crippen molar-refractivity contribution in [2.45, 2.75) is 94.1 Å². The Bertz CT molecular complexity index is 725. The number of carbonyl (C=O) groups is 1. The first-order valence-corrected chi connectivity index (χ1v) is 12.6. The Morgan fingerprint density at radius 1 is 1.16 bits per heavy atom. The van der Waals surface area contributed by atoms with E-state index in [0.717, 1.165) is 40.4 Å². The Morgan fingerprint density at radius 3 is 2.34 bits per heavy atom. The molecule has 0 aliphatic heterocycles. The second-order valence-electron chi connectivity index (χ2n) is 9.48. The van der Waals surface area contributed by atoms with Crippen LogP contribution < -0.4 is 0 Å². The minimum atomic E-state index is -0.244. The van der Waals surface area contributed by atoms with Crippen molar-refractivity contribution in [3.05, 3.63) is 39.7 Å². The number of ether oxygens (including phenoxy) is 1. The van der Waals surface area contributed by atoms with Gasteiger partial charge in [-0.25, -0.2) is 4.98 Å². The second kappa shape index (κ2) is 16.3. The SMILES string of the molecule is CC(=O)OC(C/C=C\CCC[C@H](C)[C@H](C)[C@@H](C)C(C)[C-](C)C)/C(C)=C/c1csc(C)n1.[Y]. The number of thiazole rings is 1. The first-order valence-electron chi connectivity index (χ1n) is 11.8. The monoisotopic (exact) mass is 535 g/mol. The number of rotatable bonds is 13. The molecule has 1 radical (unpaired) electrons. The molecule has 32 heavy (non-hydrogen) atoms. The summed E-state index contributed by atoms with van der Waals surface area (Å²) in [4.78, 5) is 16.0. The van der Waals surface area contributed by atoms with Gasteiger partial charge in [-0.15, -0.1) is 11.3 Å². The zero-order valence-electron chi connectivity index (χ0n) is 21.8. The molecule has 3 nitrogen and oxygen atoms in total. The molecule has 0 N–H and O–H groups in total. The summed E-state index contributed by atoms with van der Waals surface area (Å²) < 4.78 is 5.55. The maximum absolute atomic E-state index is 11.5. The minimum Gasteiger partial charge on any atom is -0.458 e. The largest absolute Gasteiger partial charge is 0.458 e. The first kappa shape index (κ1) is 31.7. The molecular formula is C27H44NO2SY-. The van der Waals surface area contributed by atoms with Gasteiger partial charge in [-0.1, -0.05) is 52.2 Å². The van der Waals surface area contributed by atoms with Crippen molar-refractivity contribution in [1.29, 1.82) is 0 Å². The van der Waals surface area contributed by atoms with Crippen LogP contribution in [-0.2, 0) is 42.2 Å². The summed E-state index contributed by atoms with van der Waals surface area (Å²) in [5, 5.41) is 3.07. The quantitative estimate of drug-likeness (QED) is 0.111. The first-order chi connectivity index (χ1) is 14.5. The molecule has 5 atom stereocenters. The number of hydrogen-bond acceptors (Lipinski definition) is 4.